The molecule has 0 bridgehead atoms. The van der Waals surface area contributed by atoms with Gasteiger partial charge in [-0.15, -0.1) is 0 Å². The van der Waals surface area contributed by atoms with Gasteiger partial charge in [-0.3, -0.25) is 0 Å². The van der Waals surface area contributed by atoms with Crippen LogP contribution in [0.5, 0.6) is 0 Å². The Kier molecular flexibility index (Phi) is 4.10. The molecule has 2 aromatic heterocycles. The summed E-state index contributed by atoms with van der Waals surface area (Å²) in [4.78, 5) is 7.10. The molecule has 0 radical (unpaired) electrons. The maximum atomic E-state index is 5.79. The fourth-order valence-electron chi connectivity index (χ4n) is 3.20. The zero-order chi connectivity index (χ0) is 14.8. The molecule has 3 heterocycles. The molecule has 1 unspecified atom stereocenters. The maximum absolute atomic E-state index is 5.79. The number of hydrogen-bond donors (Lipinski definition) is 1. The van der Waals surface area contributed by atoms with Gasteiger partial charge in [0.15, 0.2) is 5.82 Å². The van der Waals surface area contributed by atoms with Crippen molar-refractivity contribution in [3.05, 3.63) is 24.2 Å². The van der Waals surface area contributed by atoms with Crippen LogP contribution in [0.25, 0.3) is 5.52 Å². The van der Waals surface area contributed by atoms with Gasteiger partial charge in [-0.2, -0.15) is 5.10 Å². The van der Waals surface area contributed by atoms with Gasteiger partial charge in [0, 0.05) is 25.0 Å². The topological polar surface area (TPSA) is 59.5 Å². The second-order valence-electron chi connectivity index (χ2n) is 6.22. The molecule has 3 rings (SSSR count). The molecular formula is C16H25N5. The predicted molar refractivity (Wildman–Crippen MR) is 85.7 cm³/mol. The van der Waals surface area contributed by atoms with Gasteiger partial charge >= 0.3 is 0 Å². The maximum Gasteiger partial charge on any atom is 0.154 e. The average Bonchev–Trinajstić information content (AvgIpc) is 2.92. The molecule has 0 saturated carbocycles. The van der Waals surface area contributed by atoms with Crippen molar-refractivity contribution >= 4 is 11.3 Å². The van der Waals surface area contributed by atoms with Crippen molar-refractivity contribution in [2.75, 3.05) is 18.0 Å². The van der Waals surface area contributed by atoms with Crippen molar-refractivity contribution in [1.82, 2.24) is 14.6 Å². The Bertz CT molecular complexity index is 602. The number of piperidine rings is 1. The Morgan fingerprint density at radius 1 is 1.38 bits per heavy atom. The zero-order valence-electron chi connectivity index (χ0n) is 13.0. The average molecular weight is 287 g/mol. The van der Waals surface area contributed by atoms with Gasteiger partial charge in [-0.1, -0.05) is 13.8 Å². The minimum Gasteiger partial charge on any atom is -0.352 e. The summed E-state index contributed by atoms with van der Waals surface area (Å²) < 4.78 is 1.96. The van der Waals surface area contributed by atoms with Crippen molar-refractivity contribution in [3.8, 4) is 0 Å². The normalized spacial score (nSPS) is 19.6. The third-order valence-electron chi connectivity index (χ3n) is 4.38. The fraction of sp³-hybridized carbons (Fsp3) is 0.625. The van der Waals surface area contributed by atoms with Crippen molar-refractivity contribution in [2.45, 2.75) is 51.5 Å². The van der Waals surface area contributed by atoms with E-state index in [1.54, 1.807) is 0 Å². The Hall–Kier alpha value is -1.62. The lowest BCUT2D eigenvalue weighted by molar-refractivity contribution is 0.439. The second-order valence-corrected chi connectivity index (χ2v) is 6.22. The molecule has 5 nitrogen and oxygen atoms in total. The first-order valence-electron chi connectivity index (χ1n) is 8.01. The van der Waals surface area contributed by atoms with Crippen LogP contribution in [0.4, 0.5) is 5.82 Å². The molecular weight excluding hydrogens is 262 g/mol. The lowest BCUT2D eigenvalue weighted by Crippen LogP contribution is -2.41. The van der Waals surface area contributed by atoms with Gasteiger partial charge in [0.2, 0.25) is 0 Å². The van der Waals surface area contributed by atoms with Gasteiger partial charge < -0.3 is 10.6 Å². The number of aromatic nitrogens is 3. The molecule has 2 aromatic rings. The minimum atomic E-state index is 0.430. The van der Waals surface area contributed by atoms with Gasteiger partial charge in [0.05, 0.1) is 5.69 Å². The van der Waals surface area contributed by atoms with E-state index in [4.69, 9.17) is 5.73 Å². The van der Waals surface area contributed by atoms with Crippen LogP contribution in [0, 0.1) is 0 Å². The standard InChI is InChI=1S/C16H25N5/c1-12(2)14-11-15-16(18-8-10-21(15)19-14)20-9-4-3-5-13(20)6-7-17/h8,10-13H,3-7,9,17H2,1-2H3. The molecule has 0 spiro atoms. The predicted octanol–water partition coefficient (Wildman–Crippen LogP) is 2.56. The molecule has 5 heteroatoms. The monoisotopic (exact) mass is 287 g/mol. The van der Waals surface area contributed by atoms with Gasteiger partial charge in [-0.05, 0) is 44.2 Å². The van der Waals surface area contributed by atoms with Crippen molar-refractivity contribution in [1.29, 1.82) is 0 Å². The molecule has 1 saturated heterocycles. The van der Waals surface area contributed by atoms with E-state index >= 15 is 0 Å². The number of nitrogens with zero attached hydrogens (tertiary/aromatic N) is 4. The molecule has 1 fully saturated rings. The van der Waals surface area contributed by atoms with Gasteiger partial charge in [0.1, 0.15) is 5.52 Å². The summed E-state index contributed by atoms with van der Waals surface area (Å²) in [6, 6.07) is 2.70. The number of fused-ring (bicyclic) bond motifs is 1. The lowest BCUT2D eigenvalue weighted by Gasteiger charge is -2.36. The lowest BCUT2D eigenvalue weighted by atomic mass is 9.99. The molecule has 1 aliphatic heterocycles. The highest BCUT2D eigenvalue weighted by atomic mass is 15.3. The first kappa shape index (κ1) is 14.3. The summed E-state index contributed by atoms with van der Waals surface area (Å²) in [7, 11) is 0. The van der Waals surface area contributed by atoms with Crippen LogP contribution in [0.2, 0.25) is 0 Å². The Balaban J connectivity index is 2.01. The Labute approximate surface area is 126 Å². The number of hydrogen-bond acceptors (Lipinski definition) is 4. The van der Waals surface area contributed by atoms with E-state index in [0.717, 1.165) is 36.5 Å². The summed E-state index contributed by atoms with van der Waals surface area (Å²) in [6.07, 6.45) is 8.56. The minimum absolute atomic E-state index is 0.430. The van der Waals surface area contributed by atoms with Crippen LogP contribution < -0.4 is 10.6 Å². The summed E-state index contributed by atoms with van der Waals surface area (Å²) in [5.74, 6) is 1.49. The first-order chi connectivity index (χ1) is 10.2. The van der Waals surface area contributed by atoms with E-state index in [1.807, 2.05) is 16.9 Å². The van der Waals surface area contributed by atoms with Crippen LogP contribution in [-0.2, 0) is 0 Å². The van der Waals surface area contributed by atoms with E-state index in [-0.39, 0.29) is 0 Å². The molecule has 114 valence electrons. The SMILES string of the molecule is CC(C)c1cc2c(N3CCCCC3CCN)nccn2n1. The molecule has 0 aromatic carbocycles. The first-order valence-corrected chi connectivity index (χ1v) is 8.01. The summed E-state index contributed by atoms with van der Waals surface area (Å²) in [5, 5.41) is 4.66. The molecule has 0 amide bonds. The van der Waals surface area contributed by atoms with Gasteiger partial charge in [0.25, 0.3) is 0 Å². The summed E-state index contributed by atoms with van der Waals surface area (Å²) >= 11 is 0. The van der Waals surface area contributed by atoms with E-state index in [2.05, 4.69) is 34.9 Å². The molecule has 0 aliphatic carbocycles. The van der Waals surface area contributed by atoms with Crippen LogP contribution >= 0.6 is 0 Å². The van der Waals surface area contributed by atoms with Crippen LogP contribution in [0.3, 0.4) is 0 Å². The van der Waals surface area contributed by atoms with Crippen LogP contribution in [-0.4, -0.2) is 33.7 Å². The smallest absolute Gasteiger partial charge is 0.154 e. The van der Waals surface area contributed by atoms with Gasteiger partial charge in [-0.25, -0.2) is 9.50 Å². The van der Waals surface area contributed by atoms with Crippen molar-refractivity contribution < 1.29 is 0 Å². The van der Waals surface area contributed by atoms with Crippen LogP contribution in [0.15, 0.2) is 18.5 Å². The van der Waals surface area contributed by atoms with E-state index in [1.165, 1.54) is 19.3 Å². The Morgan fingerprint density at radius 2 is 2.24 bits per heavy atom. The number of anilines is 1. The van der Waals surface area contributed by atoms with Crippen molar-refractivity contribution in [3.63, 3.8) is 0 Å². The fourth-order valence-corrected chi connectivity index (χ4v) is 3.20. The highest BCUT2D eigenvalue weighted by molar-refractivity contribution is 5.69. The summed E-state index contributed by atoms with van der Waals surface area (Å²) in [5.41, 5.74) is 8.03. The Morgan fingerprint density at radius 3 is 3.00 bits per heavy atom. The third kappa shape index (κ3) is 2.75. The highest BCUT2D eigenvalue weighted by Gasteiger charge is 2.25. The van der Waals surface area contributed by atoms with E-state index < -0.39 is 0 Å². The molecule has 1 atom stereocenters. The largest absolute Gasteiger partial charge is 0.352 e. The zero-order valence-corrected chi connectivity index (χ0v) is 13.0. The second kappa shape index (κ2) is 6.02. The van der Waals surface area contributed by atoms with E-state index in [9.17, 15) is 0 Å². The van der Waals surface area contributed by atoms with E-state index in [0.29, 0.717) is 12.0 Å². The molecule has 2 N–H and O–H groups in total. The highest BCUT2D eigenvalue weighted by Crippen LogP contribution is 2.29. The molecule has 1 aliphatic rings. The quantitative estimate of drug-likeness (QED) is 0.939. The summed E-state index contributed by atoms with van der Waals surface area (Å²) in [6.45, 7) is 6.15. The number of rotatable bonds is 4. The van der Waals surface area contributed by atoms with Crippen molar-refractivity contribution in [2.24, 2.45) is 5.73 Å². The molecule has 21 heavy (non-hydrogen) atoms. The third-order valence-corrected chi connectivity index (χ3v) is 4.38. The van der Waals surface area contributed by atoms with Crippen LogP contribution in [0.1, 0.15) is 51.1 Å². The number of nitrogens with two attached hydrogens (primary N) is 1.